The highest BCUT2D eigenvalue weighted by Gasteiger charge is 2.30. The number of carbonyl (C=O) groups is 2. The van der Waals surface area contributed by atoms with Gasteiger partial charge in [0.05, 0.1) is 11.4 Å². The molecular weight excluding hydrogens is 264 g/mol. The fraction of sp³-hybridized carbons (Fsp3) is 0.385. The molecule has 0 aromatic carbocycles. The van der Waals surface area contributed by atoms with Crippen LogP contribution in [0.3, 0.4) is 0 Å². The van der Waals surface area contributed by atoms with Crippen molar-refractivity contribution in [3.8, 4) is 11.8 Å². The maximum atomic E-state index is 11.8. The van der Waals surface area contributed by atoms with Gasteiger partial charge in [-0.2, -0.15) is 0 Å². The van der Waals surface area contributed by atoms with E-state index in [1.807, 2.05) is 12.1 Å². The van der Waals surface area contributed by atoms with Gasteiger partial charge in [-0.25, -0.2) is 0 Å². The van der Waals surface area contributed by atoms with E-state index in [2.05, 4.69) is 11.8 Å². The van der Waals surface area contributed by atoms with E-state index in [4.69, 9.17) is 5.11 Å². The summed E-state index contributed by atoms with van der Waals surface area (Å²) >= 11 is 1.47. The average molecular weight is 278 g/mol. The SMILES string of the molecule is CN1CCN(Cc2ccc(C#CCO)s2)C(=O)C1=O. The number of amides is 2. The van der Waals surface area contributed by atoms with Gasteiger partial charge in [-0.05, 0) is 12.1 Å². The lowest BCUT2D eigenvalue weighted by atomic mass is 10.3. The van der Waals surface area contributed by atoms with E-state index in [9.17, 15) is 9.59 Å². The molecule has 19 heavy (non-hydrogen) atoms. The van der Waals surface area contributed by atoms with Gasteiger partial charge in [-0.1, -0.05) is 11.8 Å². The summed E-state index contributed by atoms with van der Waals surface area (Å²) < 4.78 is 0. The first-order valence-corrected chi connectivity index (χ1v) is 6.66. The molecule has 0 unspecified atom stereocenters. The van der Waals surface area contributed by atoms with Gasteiger partial charge in [-0.15, -0.1) is 11.3 Å². The third-order valence-electron chi connectivity index (χ3n) is 2.82. The molecule has 1 aliphatic rings. The van der Waals surface area contributed by atoms with E-state index in [0.717, 1.165) is 9.75 Å². The quantitative estimate of drug-likeness (QED) is 0.607. The van der Waals surface area contributed by atoms with Crippen molar-refractivity contribution in [2.75, 3.05) is 26.7 Å². The Balaban J connectivity index is 2.03. The maximum Gasteiger partial charge on any atom is 0.312 e. The molecule has 1 aromatic heterocycles. The van der Waals surface area contributed by atoms with Crippen LogP contribution < -0.4 is 0 Å². The summed E-state index contributed by atoms with van der Waals surface area (Å²) in [5.74, 6) is 4.49. The molecule has 6 heteroatoms. The van der Waals surface area contributed by atoms with Crippen LogP contribution >= 0.6 is 11.3 Å². The lowest BCUT2D eigenvalue weighted by molar-refractivity contribution is -0.155. The zero-order valence-corrected chi connectivity index (χ0v) is 11.4. The zero-order valence-electron chi connectivity index (χ0n) is 10.5. The average Bonchev–Trinajstić information content (AvgIpc) is 2.85. The molecule has 2 rings (SSSR count). The third-order valence-corrected chi connectivity index (χ3v) is 3.81. The van der Waals surface area contributed by atoms with Gasteiger partial charge in [0.2, 0.25) is 0 Å². The van der Waals surface area contributed by atoms with E-state index in [1.165, 1.54) is 16.2 Å². The Morgan fingerprint density at radius 2 is 2.11 bits per heavy atom. The Kier molecular flexibility index (Phi) is 4.20. The molecule has 0 radical (unpaired) electrons. The normalized spacial score (nSPS) is 15.5. The molecule has 5 nitrogen and oxygen atoms in total. The van der Waals surface area contributed by atoms with Gasteiger partial charge >= 0.3 is 11.8 Å². The molecule has 0 aliphatic carbocycles. The summed E-state index contributed by atoms with van der Waals surface area (Å²) in [6.45, 7) is 1.38. The van der Waals surface area contributed by atoms with Gasteiger partial charge in [0, 0.05) is 25.0 Å². The van der Waals surface area contributed by atoms with E-state index < -0.39 is 11.8 Å². The molecule has 0 bridgehead atoms. The van der Waals surface area contributed by atoms with Crippen molar-refractivity contribution in [1.29, 1.82) is 0 Å². The number of nitrogens with zero attached hydrogens (tertiary/aromatic N) is 2. The molecule has 0 atom stereocenters. The van der Waals surface area contributed by atoms with Crippen LogP contribution in [0.25, 0.3) is 0 Å². The van der Waals surface area contributed by atoms with Gasteiger partial charge in [0.15, 0.2) is 0 Å². The Hall–Kier alpha value is -1.84. The number of thiophene rings is 1. The molecule has 2 heterocycles. The topological polar surface area (TPSA) is 60.9 Å². The van der Waals surface area contributed by atoms with Crippen molar-refractivity contribution in [1.82, 2.24) is 9.80 Å². The van der Waals surface area contributed by atoms with Crippen LogP contribution in [-0.4, -0.2) is 53.5 Å². The third kappa shape index (κ3) is 3.13. The second-order valence-corrected chi connectivity index (χ2v) is 5.35. The summed E-state index contributed by atoms with van der Waals surface area (Å²) in [6, 6.07) is 3.74. The predicted octanol–water partition coefficient (Wildman–Crippen LogP) is -0.107. The first kappa shape index (κ1) is 13.6. The van der Waals surface area contributed by atoms with Gasteiger partial charge in [0.1, 0.15) is 6.61 Å². The van der Waals surface area contributed by atoms with Crippen molar-refractivity contribution < 1.29 is 14.7 Å². The summed E-state index contributed by atoms with van der Waals surface area (Å²) in [7, 11) is 1.63. The molecular formula is C13H14N2O3S. The molecule has 2 amide bonds. The van der Waals surface area contributed by atoms with Crippen LogP contribution in [0.5, 0.6) is 0 Å². The molecule has 0 spiro atoms. The Morgan fingerprint density at radius 3 is 2.84 bits per heavy atom. The monoisotopic (exact) mass is 278 g/mol. The smallest absolute Gasteiger partial charge is 0.312 e. The van der Waals surface area contributed by atoms with E-state index >= 15 is 0 Å². The van der Waals surface area contributed by atoms with Crippen LogP contribution in [0.4, 0.5) is 0 Å². The van der Waals surface area contributed by atoms with Crippen LogP contribution in [0, 0.1) is 11.8 Å². The lowest BCUT2D eigenvalue weighted by Gasteiger charge is -2.31. The largest absolute Gasteiger partial charge is 0.384 e. The molecule has 1 saturated heterocycles. The summed E-state index contributed by atoms with van der Waals surface area (Å²) in [6.07, 6.45) is 0. The standard InChI is InChI=1S/C13H14N2O3S/c1-14-6-7-15(13(18)12(14)17)9-11-5-4-10(19-11)3-2-8-16/h4-5,16H,6-9H2,1H3. The highest BCUT2D eigenvalue weighted by molar-refractivity contribution is 7.12. The van der Waals surface area contributed by atoms with Crippen molar-refractivity contribution in [3.05, 3.63) is 21.9 Å². The Labute approximate surface area is 115 Å². The van der Waals surface area contributed by atoms with Crippen LogP contribution in [0.15, 0.2) is 12.1 Å². The van der Waals surface area contributed by atoms with Crippen LogP contribution in [0.1, 0.15) is 9.75 Å². The molecule has 1 fully saturated rings. The summed E-state index contributed by atoms with van der Waals surface area (Å²) in [4.78, 5) is 28.2. The minimum atomic E-state index is -0.455. The number of aliphatic hydroxyl groups excluding tert-OH is 1. The molecule has 1 aliphatic heterocycles. The number of rotatable bonds is 2. The van der Waals surface area contributed by atoms with Gasteiger partial charge in [-0.3, -0.25) is 9.59 Å². The number of hydrogen-bond donors (Lipinski definition) is 1. The minimum absolute atomic E-state index is 0.168. The number of aliphatic hydroxyl groups is 1. The minimum Gasteiger partial charge on any atom is -0.384 e. The van der Waals surface area contributed by atoms with Crippen LogP contribution in [0.2, 0.25) is 0 Å². The zero-order chi connectivity index (χ0) is 13.8. The van der Waals surface area contributed by atoms with Gasteiger partial charge in [0.25, 0.3) is 0 Å². The van der Waals surface area contributed by atoms with Crippen molar-refractivity contribution >= 4 is 23.2 Å². The number of hydrogen-bond acceptors (Lipinski definition) is 4. The second-order valence-electron chi connectivity index (χ2n) is 4.18. The van der Waals surface area contributed by atoms with Gasteiger partial charge < -0.3 is 14.9 Å². The maximum absolute atomic E-state index is 11.8. The number of piperazine rings is 1. The highest BCUT2D eigenvalue weighted by Crippen LogP contribution is 2.18. The first-order chi connectivity index (χ1) is 9.11. The molecule has 1 aromatic rings. The van der Waals surface area contributed by atoms with Crippen molar-refractivity contribution in [2.45, 2.75) is 6.54 Å². The van der Waals surface area contributed by atoms with Crippen LogP contribution in [-0.2, 0) is 16.1 Å². The van der Waals surface area contributed by atoms with E-state index in [-0.39, 0.29) is 6.61 Å². The highest BCUT2D eigenvalue weighted by atomic mass is 32.1. The van der Waals surface area contributed by atoms with E-state index in [1.54, 1.807) is 11.9 Å². The molecule has 0 saturated carbocycles. The summed E-state index contributed by atoms with van der Waals surface area (Å²) in [5.41, 5.74) is 0. The fourth-order valence-electron chi connectivity index (χ4n) is 1.77. The predicted molar refractivity (Wildman–Crippen MR) is 71.3 cm³/mol. The lowest BCUT2D eigenvalue weighted by Crippen LogP contribution is -2.52. The Bertz CT molecular complexity index is 556. The second kappa shape index (κ2) is 5.87. The first-order valence-electron chi connectivity index (χ1n) is 5.84. The Morgan fingerprint density at radius 1 is 1.32 bits per heavy atom. The molecule has 100 valence electrons. The summed E-state index contributed by atoms with van der Waals surface area (Å²) in [5, 5.41) is 8.62. The fourth-order valence-corrected chi connectivity index (χ4v) is 2.67. The molecule has 1 N–H and O–H groups in total. The van der Waals surface area contributed by atoms with Crippen molar-refractivity contribution in [3.63, 3.8) is 0 Å². The number of likely N-dealkylation sites (N-methyl/N-ethyl adjacent to an activating group) is 1. The van der Waals surface area contributed by atoms with E-state index in [0.29, 0.717) is 19.6 Å². The number of carbonyl (C=O) groups excluding carboxylic acids is 2. The van der Waals surface area contributed by atoms with Crippen molar-refractivity contribution in [2.24, 2.45) is 0 Å².